The molecule has 1 heterocycles. The summed E-state index contributed by atoms with van der Waals surface area (Å²) in [6, 6.07) is 4.05. The number of rotatable bonds is 8. The lowest BCUT2D eigenvalue weighted by Crippen LogP contribution is -2.46. The standard InChI is InChI=1S/C19H26Cl2N4O3/c1-12(24-19(28)14-6-2-7-15(20)16(14)21)18(27)23-8-4-10-25-9-3-5-13(11-25)17(22)26/h2,6-7,12-13H,3-5,8-11H2,1H3,(H2,22,26)(H,23,27)(H,24,28). The van der Waals surface area contributed by atoms with E-state index in [4.69, 9.17) is 28.9 Å². The Hall–Kier alpha value is -1.83. The summed E-state index contributed by atoms with van der Waals surface area (Å²) >= 11 is 11.9. The summed E-state index contributed by atoms with van der Waals surface area (Å²) in [4.78, 5) is 38.0. The van der Waals surface area contributed by atoms with Crippen molar-refractivity contribution in [2.45, 2.75) is 32.2 Å². The fraction of sp³-hybridized carbons (Fsp3) is 0.526. The molecule has 28 heavy (non-hydrogen) atoms. The van der Waals surface area contributed by atoms with Crippen LogP contribution >= 0.6 is 23.2 Å². The molecule has 7 nitrogen and oxygen atoms in total. The van der Waals surface area contributed by atoms with Gasteiger partial charge in [0.05, 0.1) is 21.5 Å². The van der Waals surface area contributed by atoms with E-state index in [1.54, 1.807) is 25.1 Å². The van der Waals surface area contributed by atoms with Gasteiger partial charge in [-0.3, -0.25) is 14.4 Å². The van der Waals surface area contributed by atoms with E-state index in [1.807, 2.05) is 0 Å². The fourth-order valence-electron chi connectivity index (χ4n) is 3.18. The monoisotopic (exact) mass is 428 g/mol. The van der Waals surface area contributed by atoms with Crippen molar-refractivity contribution in [3.05, 3.63) is 33.8 Å². The van der Waals surface area contributed by atoms with E-state index in [9.17, 15) is 14.4 Å². The first-order valence-corrected chi connectivity index (χ1v) is 10.1. The average Bonchev–Trinajstić information content (AvgIpc) is 2.67. The first kappa shape index (κ1) is 22.5. The first-order chi connectivity index (χ1) is 13.3. The van der Waals surface area contributed by atoms with E-state index in [2.05, 4.69) is 15.5 Å². The molecule has 154 valence electrons. The molecule has 9 heteroatoms. The Bertz CT molecular complexity index is 729. The molecule has 1 aliphatic heterocycles. The minimum atomic E-state index is -0.711. The van der Waals surface area contributed by atoms with Crippen LogP contribution in [-0.4, -0.2) is 54.8 Å². The van der Waals surface area contributed by atoms with Crippen molar-refractivity contribution >= 4 is 40.9 Å². The summed E-state index contributed by atoms with van der Waals surface area (Å²) in [6.45, 7) is 4.48. The second kappa shape index (κ2) is 10.6. The number of likely N-dealkylation sites (tertiary alicyclic amines) is 1. The van der Waals surface area contributed by atoms with E-state index in [0.717, 1.165) is 32.4 Å². The molecule has 2 rings (SSSR count). The molecule has 1 aliphatic rings. The summed E-state index contributed by atoms with van der Waals surface area (Å²) in [5.74, 6) is -1.07. The largest absolute Gasteiger partial charge is 0.369 e. The quantitative estimate of drug-likeness (QED) is 0.549. The zero-order valence-corrected chi connectivity index (χ0v) is 17.4. The van der Waals surface area contributed by atoms with Gasteiger partial charge >= 0.3 is 0 Å². The SMILES string of the molecule is CC(NC(=O)c1cccc(Cl)c1Cl)C(=O)NCCCN1CCCC(C(N)=O)C1. The molecule has 0 aromatic heterocycles. The highest BCUT2D eigenvalue weighted by Crippen LogP contribution is 2.25. The Morgan fingerprint density at radius 1 is 1.32 bits per heavy atom. The molecule has 2 atom stereocenters. The maximum absolute atomic E-state index is 12.3. The molecule has 1 aromatic carbocycles. The highest BCUT2D eigenvalue weighted by atomic mass is 35.5. The normalized spacial score (nSPS) is 18.3. The minimum absolute atomic E-state index is 0.0862. The van der Waals surface area contributed by atoms with Gasteiger partial charge in [0, 0.05) is 13.1 Å². The minimum Gasteiger partial charge on any atom is -0.369 e. The average molecular weight is 429 g/mol. The zero-order chi connectivity index (χ0) is 20.7. The van der Waals surface area contributed by atoms with Crippen molar-refractivity contribution in [1.29, 1.82) is 0 Å². The lowest BCUT2D eigenvalue weighted by Gasteiger charge is -2.31. The van der Waals surface area contributed by atoms with E-state index in [0.29, 0.717) is 13.1 Å². The van der Waals surface area contributed by atoms with Crippen molar-refractivity contribution < 1.29 is 14.4 Å². The van der Waals surface area contributed by atoms with E-state index >= 15 is 0 Å². The number of nitrogens with one attached hydrogen (secondary N) is 2. The molecular weight excluding hydrogens is 403 g/mol. The van der Waals surface area contributed by atoms with Gasteiger partial charge in [-0.25, -0.2) is 0 Å². The smallest absolute Gasteiger partial charge is 0.253 e. The number of benzene rings is 1. The van der Waals surface area contributed by atoms with Gasteiger partial charge in [0.2, 0.25) is 11.8 Å². The molecule has 3 amide bonds. The molecule has 0 spiro atoms. The van der Waals surface area contributed by atoms with Crippen molar-refractivity contribution in [1.82, 2.24) is 15.5 Å². The van der Waals surface area contributed by atoms with Crippen LogP contribution in [0, 0.1) is 5.92 Å². The molecule has 0 saturated carbocycles. The summed E-state index contributed by atoms with van der Waals surface area (Å²) in [5.41, 5.74) is 5.61. The molecule has 0 aliphatic carbocycles. The van der Waals surface area contributed by atoms with Crippen LogP contribution in [0.4, 0.5) is 0 Å². The van der Waals surface area contributed by atoms with Crippen LogP contribution in [0.5, 0.6) is 0 Å². The Labute approximate surface area is 174 Å². The molecule has 0 radical (unpaired) electrons. The number of hydrogen-bond donors (Lipinski definition) is 3. The number of primary amides is 1. The lowest BCUT2D eigenvalue weighted by molar-refractivity contribution is -0.123. The number of nitrogens with zero attached hydrogens (tertiary/aromatic N) is 1. The Morgan fingerprint density at radius 3 is 2.79 bits per heavy atom. The van der Waals surface area contributed by atoms with Gasteiger partial charge in [0.15, 0.2) is 0 Å². The Kier molecular flexibility index (Phi) is 8.54. The highest BCUT2D eigenvalue weighted by molar-refractivity contribution is 6.43. The van der Waals surface area contributed by atoms with Gasteiger partial charge in [-0.15, -0.1) is 0 Å². The topological polar surface area (TPSA) is 105 Å². The number of carbonyl (C=O) groups is 3. The third-order valence-corrected chi connectivity index (χ3v) is 5.61. The summed E-state index contributed by atoms with van der Waals surface area (Å²) in [6.07, 6.45) is 2.55. The van der Waals surface area contributed by atoms with Crippen LogP contribution in [0.3, 0.4) is 0 Å². The van der Waals surface area contributed by atoms with E-state index in [1.165, 1.54) is 0 Å². The molecule has 0 bridgehead atoms. The van der Waals surface area contributed by atoms with Crippen LogP contribution in [0.1, 0.15) is 36.5 Å². The summed E-state index contributed by atoms with van der Waals surface area (Å²) < 4.78 is 0. The second-order valence-corrected chi connectivity index (χ2v) is 7.77. The third-order valence-electron chi connectivity index (χ3n) is 4.80. The molecule has 1 fully saturated rings. The highest BCUT2D eigenvalue weighted by Gasteiger charge is 2.23. The van der Waals surface area contributed by atoms with E-state index < -0.39 is 11.9 Å². The molecule has 2 unspecified atom stereocenters. The van der Waals surface area contributed by atoms with Gasteiger partial charge in [-0.1, -0.05) is 29.3 Å². The van der Waals surface area contributed by atoms with Gasteiger partial charge in [0.1, 0.15) is 6.04 Å². The van der Waals surface area contributed by atoms with Crippen LogP contribution in [0.15, 0.2) is 18.2 Å². The Morgan fingerprint density at radius 2 is 2.07 bits per heavy atom. The number of amides is 3. The van der Waals surface area contributed by atoms with Crippen molar-refractivity contribution in [3.63, 3.8) is 0 Å². The molecule has 4 N–H and O–H groups in total. The maximum Gasteiger partial charge on any atom is 0.253 e. The maximum atomic E-state index is 12.3. The molecule has 1 aromatic rings. The zero-order valence-electron chi connectivity index (χ0n) is 15.8. The van der Waals surface area contributed by atoms with Crippen molar-refractivity contribution in [2.75, 3.05) is 26.2 Å². The number of carbonyl (C=O) groups excluding carboxylic acids is 3. The van der Waals surface area contributed by atoms with Gasteiger partial charge < -0.3 is 21.3 Å². The molecular formula is C19H26Cl2N4O3. The van der Waals surface area contributed by atoms with Gasteiger partial charge in [0.25, 0.3) is 5.91 Å². The summed E-state index contributed by atoms with van der Waals surface area (Å²) in [7, 11) is 0. The van der Waals surface area contributed by atoms with Crippen molar-refractivity contribution in [2.24, 2.45) is 11.7 Å². The summed E-state index contributed by atoms with van der Waals surface area (Å²) in [5, 5.41) is 5.86. The number of piperidine rings is 1. The lowest BCUT2D eigenvalue weighted by atomic mass is 9.97. The number of nitrogens with two attached hydrogens (primary N) is 1. The van der Waals surface area contributed by atoms with Crippen molar-refractivity contribution in [3.8, 4) is 0 Å². The fourth-order valence-corrected chi connectivity index (χ4v) is 3.56. The van der Waals surface area contributed by atoms with Gasteiger partial charge in [-0.05, 0) is 51.4 Å². The van der Waals surface area contributed by atoms with Crippen LogP contribution < -0.4 is 16.4 Å². The van der Waals surface area contributed by atoms with Crippen LogP contribution in [-0.2, 0) is 9.59 Å². The second-order valence-electron chi connectivity index (χ2n) is 6.98. The predicted molar refractivity (Wildman–Crippen MR) is 109 cm³/mol. The number of halogens is 2. The van der Waals surface area contributed by atoms with Crippen LogP contribution in [0.25, 0.3) is 0 Å². The predicted octanol–water partition coefficient (Wildman–Crippen LogP) is 1.82. The van der Waals surface area contributed by atoms with Crippen LogP contribution in [0.2, 0.25) is 10.0 Å². The third kappa shape index (κ3) is 6.36. The number of hydrogen-bond acceptors (Lipinski definition) is 4. The molecule has 1 saturated heterocycles. The first-order valence-electron chi connectivity index (χ1n) is 9.34. The van der Waals surface area contributed by atoms with E-state index in [-0.39, 0.29) is 33.3 Å². The van der Waals surface area contributed by atoms with Gasteiger partial charge in [-0.2, -0.15) is 0 Å². The Balaban J connectivity index is 1.71.